The molecule has 0 aliphatic heterocycles. The molecule has 0 spiro atoms. The van der Waals surface area contributed by atoms with Crippen molar-refractivity contribution in [3.63, 3.8) is 0 Å². The molecule has 0 atom stereocenters. The van der Waals surface area contributed by atoms with E-state index in [1.54, 1.807) is 0 Å². The van der Waals surface area contributed by atoms with Crippen molar-refractivity contribution in [1.29, 1.82) is 0 Å². The molecular weight excluding hydrogens is 567 g/mol. The summed E-state index contributed by atoms with van der Waals surface area (Å²) in [6, 6.07) is 58.1. The average Bonchev–Trinajstić information content (AvgIpc) is 3.20. The van der Waals surface area contributed by atoms with Crippen LogP contribution in [-0.4, -0.2) is 0 Å². The van der Waals surface area contributed by atoms with E-state index in [0.717, 1.165) is 55.5 Å². The fourth-order valence-electron chi connectivity index (χ4n) is 6.06. The van der Waals surface area contributed by atoms with E-state index in [9.17, 15) is 5.48 Å². The molecule has 0 aliphatic rings. The number of anilines is 3. The van der Waals surface area contributed by atoms with Crippen LogP contribution in [0.15, 0.2) is 200 Å². The van der Waals surface area contributed by atoms with Gasteiger partial charge in [-0.25, -0.2) is 0 Å². The van der Waals surface area contributed by atoms with Crippen LogP contribution in [0.2, 0.25) is 0 Å². The topological polar surface area (TPSA) is 3.24 Å². The van der Waals surface area contributed by atoms with Gasteiger partial charge in [0.15, 0.2) is 0 Å². The summed E-state index contributed by atoms with van der Waals surface area (Å²) in [5, 5.41) is 2.28. The smallest absolute Gasteiger partial charge is 0.0645 e. The summed E-state index contributed by atoms with van der Waals surface area (Å²) in [6.45, 7) is 0. The second-order valence-electron chi connectivity index (χ2n) is 11.5. The maximum absolute atomic E-state index is 9.38. The van der Waals surface area contributed by atoms with Crippen LogP contribution < -0.4 is 4.90 Å². The van der Waals surface area contributed by atoms with Gasteiger partial charge in [0, 0.05) is 17.1 Å². The Balaban J connectivity index is 1.25. The Morgan fingerprint density at radius 2 is 0.702 bits per heavy atom. The summed E-state index contributed by atoms with van der Waals surface area (Å²) >= 11 is 0. The van der Waals surface area contributed by atoms with Crippen LogP contribution in [0.25, 0.3) is 55.3 Å². The third-order valence-electron chi connectivity index (χ3n) is 8.53. The molecule has 8 rings (SSSR count). The van der Waals surface area contributed by atoms with Crippen LogP contribution in [0, 0.1) is 0 Å². The maximum Gasteiger partial charge on any atom is 0.0645 e. The highest BCUT2D eigenvalue weighted by Gasteiger charge is 2.14. The van der Waals surface area contributed by atoms with E-state index >= 15 is 0 Å². The van der Waals surface area contributed by atoms with Crippen molar-refractivity contribution in [2.75, 3.05) is 4.90 Å². The van der Waals surface area contributed by atoms with Gasteiger partial charge in [0.2, 0.25) is 0 Å². The number of fused-ring (bicyclic) bond motifs is 1. The average molecular weight is 604 g/mol. The highest BCUT2D eigenvalue weighted by atomic mass is 15.1. The van der Waals surface area contributed by atoms with Gasteiger partial charge in [0.25, 0.3) is 0 Å². The van der Waals surface area contributed by atoms with Crippen LogP contribution in [0.3, 0.4) is 0 Å². The minimum atomic E-state index is -0.110. The third-order valence-corrected chi connectivity index (χ3v) is 8.53. The predicted molar refractivity (Wildman–Crippen MR) is 200 cm³/mol. The lowest BCUT2D eigenvalue weighted by Crippen LogP contribution is -2.09. The molecule has 1 heteroatoms. The molecule has 0 saturated carbocycles. The monoisotopic (exact) mass is 603 g/mol. The van der Waals surface area contributed by atoms with Gasteiger partial charge in [-0.05, 0) is 104 Å². The predicted octanol–water partition coefficient (Wildman–Crippen LogP) is 13.0. The Hall–Kier alpha value is -6.18. The second kappa shape index (κ2) is 12.7. The Kier molecular flexibility index (Phi) is 6.50. The third kappa shape index (κ3) is 5.95. The van der Waals surface area contributed by atoms with E-state index in [1.165, 1.54) is 0 Å². The van der Waals surface area contributed by atoms with Crippen LogP contribution in [-0.2, 0) is 0 Å². The van der Waals surface area contributed by atoms with Crippen molar-refractivity contribution in [2.24, 2.45) is 0 Å². The number of benzene rings is 8. The summed E-state index contributed by atoms with van der Waals surface area (Å²) in [4.78, 5) is 1.83. The van der Waals surface area contributed by atoms with Crippen LogP contribution >= 0.6 is 0 Å². The van der Waals surface area contributed by atoms with Crippen LogP contribution in [0.5, 0.6) is 0 Å². The van der Waals surface area contributed by atoms with Gasteiger partial charge >= 0.3 is 0 Å². The Morgan fingerprint density at radius 3 is 1.28 bits per heavy atom. The van der Waals surface area contributed by atoms with Crippen LogP contribution in [0.4, 0.5) is 17.1 Å². The SMILES string of the molecule is [2H]c1c([2H])c(N(c2ccc(-c3ccccc3)cc2)c2ccc(-c3ccccc3)cc2)c([2H])c([2H])c1-c1cccc(-c2ccc3ccccc3c2)c1. The molecule has 0 N–H and O–H groups in total. The van der Waals surface area contributed by atoms with Crippen molar-refractivity contribution >= 4 is 27.8 Å². The first-order chi connectivity index (χ1) is 25.0. The Morgan fingerprint density at radius 1 is 0.277 bits per heavy atom. The van der Waals surface area contributed by atoms with Gasteiger partial charge in [0.1, 0.15) is 0 Å². The van der Waals surface area contributed by atoms with Crippen molar-refractivity contribution in [3.05, 3.63) is 200 Å². The Labute approximate surface area is 282 Å². The van der Waals surface area contributed by atoms with E-state index in [0.29, 0.717) is 5.56 Å². The molecule has 0 saturated heterocycles. The number of rotatable bonds is 7. The van der Waals surface area contributed by atoms with Gasteiger partial charge < -0.3 is 4.90 Å². The number of hydrogen-bond donors (Lipinski definition) is 0. The fourth-order valence-corrected chi connectivity index (χ4v) is 6.06. The van der Waals surface area contributed by atoms with E-state index < -0.39 is 0 Å². The quantitative estimate of drug-likeness (QED) is 0.175. The molecule has 8 aromatic carbocycles. The second-order valence-corrected chi connectivity index (χ2v) is 11.5. The first-order valence-electron chi connectivity index (χ1n) is 17.8. The molecule has 0 heterocycles. The summed E-state index contributed by atoms with van der Waals surface area (Å²) in [7, 11) is 0. The van der Waals surface area contributed by atoms with E-state index in [4.69, 9.17) is 0 Å². The molecule has 222 valence electrons. The molecule has 0 amide bonds. The molecule has 0 fully saturated rings. The van der Waals surface area contributed by atoms with Crippen molar-refractivity contribution < 1.29 is 5.48 Å². The fraction of sp³-hybridized carbons (Fsp3) is 0. The largest absolute Gasteiger partial charge is 0.311 e. The van der Waals surface area contributed by atoms with E-state index in [-0.39, 0.29) is 35.4 Å². The van der Waals surface area contributed by atoms with Crippen molar-refractivity contribution in [1.82, 2.24) is 0 Å². The summed E-state index contributed by atoms with van der Waals surface area (Å²) in [5.74, 6) is 0. The van der Waals surface area contributed by atoms with Gasteiger partial charge in [-0.2, -0.15) is 0 Å². The normalized spacial score (nSPS) is 12.2. The zero-order valence-electron chi connectivity index (χ0n) is 29.7. The first-order valence-corrected chi connectivity index (χ1v) is 15.8. The summed E-state index contributed by atoms with van der Waals surface area (Å²) in [5.41, 5.74) is 8.78. The standard InChI is InChI=1S/C46H33N/c1-3-10-34(11-4-1)37-20-26-44(27-21-37)47(45-28-22-38(23-29-45)35-12-5-2-6-13-35)46-30-24-39(25-31-46)41-16-9-17-42(32-41)43-19-18-36-14-7-8-15-40(36)33-43/h1-33H/i24D,25D,30D,31D. The number of hydrogen-bond acceptors (Lipinski definition) is 1. The molecule has 47 heavy (non-hydrogen) atoms. The lowest BCUT2D eigenvalue weighted by molar-refractivity contribution is 1.28. The van der Waals surface area contributed by atoms with Gasteiger partial charge in [-0.1, -0.05) is 152 Å². The molecule has 0 unspecified atom stereocenters. The molecule has 0 radical (unpaired) electrons. The molecule has 0 aromatic heterocycles. The first kappa shape index (κ1) is 24.1. The maximum atomic E-state index is 9.38. The minimum Gasteiger partial charge on any atom is -0.311 e. The van der Waals surface area contributed by atoms with Crippen molar-refractivity contribution in [2.45, 2.75) is 0 Å². The lowest BCUT2D eigenvalue weighted by atomic mass is 9.97. The summed E-state index contributed by atoms with van der Waals surface area (Å²) in [6.07, 6.45) is 0. The summed E-state index contributed by atoms with van der Waals surface area (Å²) < 4.78 is 37.3. The highest BCUT2D eigenvalue weighted by Crippen LogP contribution is 2.38. The molecular formula is C46H33N. The molecule has 0 bridgehead atoms. The van der Waals surface area contributed by atoms with E-state index in [2.05, 4.69) is 54.6 Å². The molecule has 1 nitrogen and oxygen atoms in total. The van der Waals surface area contributed by atoms with Gasteiger partial charge in [-0.3, -0.25) is 0 Å². The van der Waals surface area contributed by atoms with E-state index in [1.807, 2.05) is 126 Å². The van der Waals surface area contributed by atoms with Crippen molar-refractivity contribution in [3.8, 4) is 44.5 Å². The number of nitrogens with zero attached hydrogens (tertiary/aromatic N) is 1. The van der Waals surface area contributed by atoms with Gasteiger partial charge in [-0.15, -0.1) is 0 Å². The van der Waals surface area contributed by atoms with Gasteiger partial charge in [0.05, 0.1) is 5.48 Å². The minimum absolute atomic E-state index is 0.0894. The Bertz CT molecular complexity index is 2380. The molecule has 8 aromatic rings. The highest BCUT2D eigenvalue weighted by molar-refractivity contribution is 5.88. The zero-order valence-corrected chi connectivity index (χ0v) is 25.7. The molecule has 0 aliphatic carbocycles. The zero-order chi connectivity index (χ0) is 34.9. The lowest BCUT2D eigenvalue weighted by Gasteiger charge is -2.26. The van der Waals surface area contributed by atoms with Crippen LogP contribution in [0.1, 0.15) is 5.48 Å².